The van der Waals surface area contributed by atoms with Crippen LogP contribution in [-0.4, -0.2) is 59.4 Å². The molecule has 32 heavy (non-hydrogen) atoms. The highest BCUT2D eigenvalue weighted by Gasteiger charge is 2.40. The number of anilines is 2. The van der Waals surface area contributed by atoms with Crippen molar-refractivity contribution < 1.29 is 9.59 Å². The Morgan fingerprint density at radius 1 is 1.00 bits per heavy atom. The summed E-state index contributed by atoms with van der Waals surface area (Å²) in [5.74, 6) is 0.164. The van der Waals surface area contributed by atoms with Crippen molar-refractivity contribution in [2.45, 2.75) is 26.7 Å². The highest BCUT2D eigenvalue weighted by Crippen LogP contribution is 2.28. The number of fused-ring (bicyclic) bond motifs is 1. The second kappa shape index (κ2) is 8.30. The molecule has 2 aliphatic heterocycles. The first-order valence-corrected chi connectivity index (χ1v) is 11.4. The summed E-state index contributed by atoms with van der Waals surface area (Å²) in [5.41, 5.74) is 5.21. The van der Waals surface area contributed by atoms with Crippen LogP contribution in [-0.2, 0) is 9.59 Å². The summed E-state index contributed by atoms with van der Waals surface area (Å²) in [6.45, 7) is 7.51. The molecular weight excluding hydrogens is 402 g/mol. The van der Waals surface area contributed by atoms with E-state index in [9.17, 15) is 9.59 Å². The molecule has 2 aromatic carbocycles. The number of imidazole rings is 1. The number of benzene rings is 2. The van der Waals surface area contributed by atoms with Gasteiger partial charge >= 0.3 is 0 Å². The molecule has 2 amide bonds. The number of amides is 2. The molecule has 1 aromatic heterocycles. The Hall–Kier alpha value is -3.35. The van der Waals surface area contributed by atoms with Crippen LogP contribution in [0.1, 0.15) is 24.0 Å². The lowest BCUT2D eigenvalue weighted by Crippen LogP contribution is -2.42. The van der Waals surface area contributed by atoms with Gasteiger partial charge in [0.05, 0.1) is 11.0 Å². The van der Waals surface area contributed by atoms with Crippen molar-refractivity contribution in [2.75, 3.05) is 42.5 Å². The molecule has 1 atom stereocenters. The number of para-hydroxylation sites is 2. The molecule has 0 spiro atoms. The van der Waals surface area contributed by atoms with Gasteiger partial charge in [0.25, 0.3) is 0 Å². The number of hydrogen-bond acceptors (Lipinski definition) is 4. The Balaban J connectivity index is 1.25. The molecule has 2 aliphatic rings. The maximum atomic E-state index is 13.3. The van der Waals surface area contributed by atoms with E-state index >= 15 is 0 Å². The van der Waals surface area contributed by atoms with Gasteiger partial charge in [-0.1, -0.05) is 18.2 Å². The van der Waals surface area contributed by atoms with E-state index in [1.54, 1.807) is 4.90 Å². The minimum absolute atomic E-state index is 0.0345. The molecule has 2 saturated heterocycles. The van der Waals surface area contributed by atoms with Crippen LogP contribution in [0.15, 0.2) is 42.5 Å². The van der Waals surface area contributed by atoms with E-state index in [0.29, 0.717) is 32.6 Å². The highest BCUT2D eigenvalue weighted by molar-refractivity contribution is 6.09. The van der Waals surface area contributed by atoms with Crippen LogP contribution < -0.4 is 9.80 Å². The zero-order chi connectivity index (χ0) is 22.2. The standard InChI is InChI=1S/C25H29N5O2/c1-17-8-9-19(16-18(17)2)30-13-10-20(24(30)32)23(31)28-11-5-12-29(15-14-28)25-26-21-6-3-4-7-22(21)27-25/h3-4,6-9,16,20H,5,10-15H2,1-2H3,(H,26,27). The van der Waals surface area contributed by atoms with E-state index in [-0.39, 0.29) is 11.8 Å². The first kappa shape index (κ1) is 20.5. The number of H-pyrrole nitrogens is 1. The number of carbonyl (C=O) groups excluding carboxylic acids is 2. The topological polar surface area (TPSA) is 72.5 Å². The summed E-state index contributed by atoms with van der Waals surface area (Å²) in [6, 6.07) is 14.0. The van der Waals surface area contributed by atoms with E-state index in [1.807, 2.05) is 54.3 Å². The number of aromatic nitrogens is 2. The monoisotopic (exact) mass is 431 g/mol. The Morgan fingerprint density at radius 3 is 2.66 bits per heavy atom. The quantitative estimate of drug-likeness (QED) is 0.646. The lowest BCUT2D eigenvalue weighted by molar-refractivity contribution is -0.139. The van der Waals surface area contributed by atoms with Gasteiger partial charge in [-0.2, -0.15) is 0 Å². The summed E-state index contributed by atoms with van der Waals surface area (Å²) >= 11 is 0. The number of aromatic amines is 1. The van der Waals surface area contributed by atoms with Gasteiger partial charge in [-0.3, -0.25) is 9.59 Å². The summed E-state index contributed by atoms with van der Waals surface area (Å²) < 4.78 is 0. The summed E-state index contributed by atoms with van der Waals surface area (Å²) in [7, 11) is 0. The molecule has 7 nitrogen and oxygen atoms in total. The third-order valence-electron chi connectivity index (χ3n) is 6.79. The van der Waals surface area contributed by atoms with Crippen molar-refractivity contribution in [1.29, 1.82) is 0 Å². The fourth-order valence-electron chi connectivity index (χ4n) is 4.72. The first-order chi connectivity index (χ1) is 15.5. The van der Waals surface area contributed by atoms with Crippen LogP contribution in [0.3, 0.4) is 0 Å². The Labute approximate surface area is 188 Å². The molecule has 3 heterocycles. The van der Waals surface area contributed by atoms with Crippen molar-refractivity contribution >= 4 is 34.5 Å². The molecule has 3 aromatic rings. The maximum absolute atomic E-state index is 13.3. The minimum atomic E-state index is -0.575. The number of carbonyl (C=O) groups is 2. The molecule has 2 fully saturated rings. The minimum Gasteiger partial charge on any atom is -0.341 e. The largest absolute Gasteiger partial charge is 0.341 e. The van der Waals surface area contributed by atoms with E-state index in [2.05, 4.69) is 16.8 Å². The smallest absolute Gasteiger partial charge is 0.239 e. The zero-order valence-corrected chi connectivity index (χ0v) is 18.7. The van der Waals surface area contributed by atoms with Crippen LogP contribution in [0, 0.1) is 19.8 Å². The molecule has 0 saturated carbocycles. The number of hydrogen-bond donors (Lipinski definition) is 1. The molecule has 7 heteroatoms. The lowest BCUT2D eigenvalue weighted by Gasteiger charge is -2.24. The summed E-state index contributed by atoms with van der Waals surface area (Å²) in [4.78, 5) is 40.3. The lowest BCUT2D eigenvalue weighted by atomic mass is 10.1. The number of rotatable bonds is 3. The van der Waals surface area contributed by atoms with Gasteiger partial charge in [0, 0.05) is 38.4 Å². The van der Waals surface area contributed by atoms with Gasteiger partial charge in [-0.15, -0.1) is 0 Å². The molecule has 0 aliphatic carbocycles. The van der Waals surface area contributed by atoms with E-state index in [0.717, 1.165) is 41.2 Å². The van der Waals surface area contributed by atoms with Crippen molar-refractivity contribution in [3.63, 3.8) is 0 Å². The van der Waals surface area contributed by atoms with Crippen molar-refractivity contribution in [3.8, 4) is 0 Å². The molecule has 1 N–H and O–H groups in total. The van der Waals surface area contributed by atoms with Gasteiger partial charge in [0.1, 0.15) is 5.92 Å². The van der Waals surface area contributed by atoms with Crippen molar-refractivity contribution in [1.82, 2.24) is 14.9 Å². The Bertz CT molecular complexity index is 1140. The fourth-order valence-corrected chi connectivity index (χ4v) is 4.72. The van der Waals surface area contributed by atoms with Crippen LogP contribution in [0.2, 0.25) is 0 Å². The third-order valence-corrected chi connectivity index (χ3v) is 6.79. The van der Waals surface area contributed by atoms with Gasteiger partial charge in [-0.05, 0) is 62.1 Å². The first-order valence-electron chi connectivity index (χ1n) is 11.4. The molecular formula is C25H29N5O2. The Morgan fingerprint density at radius 2 is 1.84 bits per heavy atom. The van der Waals surface area contributed by atoms with Gasteiger partial charge in [0.15, 0.2) is 0 Å². The molecule has 5 rings (SSSR count). The van der Waals surface area contributed by atoms with Crippen molar-refractivity contribution in [2.24, 2.45) is 5.92 Å². The molecule has 166 valence electrons. The normalized spacial score (nSPS) is 19.6. The average Bonchev–Trinajstić information content (AvgIpc) is 3.30. The second-order valence-corrected chi connectivity index (χ2v) is 8.84. The number of nitrogens with one attached hydrogen (secondary N) is 1. The van der Waals surface area contributed by atoms with E-state index in [4.69, 9.17) is 4.98 Å². The second-order valence-electron chi connectivity index (χ2n) is 8.84. The van der Waals surface area contributed by atoms with Crippen LogP contribution in [0.25, 0.3) is 11.0 Å². The van der Waals surface area contributed by atoms with E-state index in [1.165, 1.54) is 5.56 Å². The van der Waals surface area contributed by atoms with Gasteiger partial charge in [0.2, 0.25) is 17.8 Å². The fraction of sp³-hybridized carbons (Fsp3) is 0.400. The highest BCUT2D eigenvalue weighted by atomic mass is 16.2. The number of aryl methyl sites for hydroxylation is 2. The number of nitrogens with zero attached hydrogens (tertiary/aromatic N) is 4. The van der Waals surface area contributed by atoms with E-state index < -0.39 is 5.92 Å². The predicted molar refractivity (Wildman–Crippen MR) is 126 cm³/mol. The third kappa shape index (κ3) is 3.72. The summed E-state index contributed by atoms with van der Waals surface area (Å²) in [5, 5.41) is 0. The van der Waals surface area contributed by atoms with Gasteiger partial charge < -0.3 is 19.7 Å². The summed E-state index contributed by atoms with van der Waals surface area (Å²) in [6.07, 6.45) is 1.43. The van der Waals surface area contributed by atoms with Crippen LogP contribution in [0.4, 0.5) is 11.6 Å². The van der Waals surface area contributed by atoms with Crippen LogP contribution >= 0.6 is 0 Å². The zero-order valence-electron chi connectivity index (χ0n) is 18.7. The van der Waals surface area contributed by atoms with Crippen LogP contribution in [0.5, 0.6) is 0 Å². The molecule has 1 unspecified atom stereocenters. The average molecular weight is 432 g/mol. The molecule has 0 bridgehead atoms. The molecule has 0 radical (unpaired) electrons. The van der Waals surface area contributed by atoms with Gasteiger partial charge in [-0.25, -0.2) is 4.98 Å². The Kier molecular flexibility index (Phi) is 5.33. The maximum Gasteiger partial charge on any atom is 0.239 e. The van der Waals surface area contributed by atoms with Crippen molar-refractivity contribution in [3.05, 3.63) is 53.6 Å². The SMILES string of the molecule is Cc1ccc(N2CCC(C(=O)N3CCCN(c4nc5ccccc5[nH]4)CC3)C2=O)cc1C. The predicted octanol–water partition coefficient (Wildman–Crippen LogP) is 3.27.